The van der Waals surface area contributed by atoms with E-state index in [2.05, 4.69) is 39.3 Å². The zero-order valence-electron chi connectivity index (χ0n) is 14.6. The highest BCUT2D eigenvalue weighted by Crippen LogP contribution is 2.34. The predicted molar refractivity (Wildman–Crippen MR) is 99.9 cm³/mol. The topological polar surface area (TPSA) is 90.5 Å². The Kier molecular flexibility index (Phi) is 4.00. The number of thiophene rings is 1. The van der Waals surface area contributed by atoms with Crippen molar-refractivity contribution in [3.63, 3.8) is 0 Å². The number of carbonyl (C=O) groups excluding carboxylic acids is 1. The first-order chi connectivity index (χ1) is 12.5. The van der Waals surface area contributed by atoms with Gasteiger partial charge in [-0.05, 0) is 19.4 Å². The van der Waals surface area contributed by atoms with Crippen LogP contribution in [0.2, 0.25) is 0 Å². The molecular weight excluding hydrogens is 350 g/mol. The highest BCUT2D eigenvalue weighted by molar-refractivity contribution is 7.18. The van der Waals surface area contributed by atoms with Gasteiger partial charge in [0.15, 0.2) is 0 Å². The molecule has 4 heterocycles. The van der Waals surface area contributed by atoms with Crippen molar-refractivity contribution < 1.29 is 4.79 Å². The van der Waals surface area contributed by atoms with Gasteiger partial charge in [-0.3, -0.25) is 14.2 Å². The largest absolute Gasteiger partial charge is 0.309 e. The first-order valence-electron chi connectivity index (χ1n) is 8.04. The lowest BCUT2D eigenvalue weighted by Gasteiger charge is -2.05. The summed E-state index contributed by atoms with van der Waals surface area (Å²) in [5.41, 5.74) is 2.89. The monoisotopic (exact) mass is 367 g/mol. The molecule has 0 unspecified atom stereocenters. The van der Waals surface area contributed by atoms with Crippen LogP contribution < -0.4 is 5.32 Å². The molecule has 8 nitrogen and oxygen atoms in total. The van der Waals surface area contributed by atoms with Gasteiger partial charge >= 0.3 is 0 Å². The van der Waals surface area contributed by atoms with Gasteiger partial charge in [0.25, 0.3) is 0 Å². The number of hydrogen-bond acceptors (Lipinski definition) is 6. The molecule has 4 aromatic rings. The Labute approximate surface area is 153 Å². The van der Waals surface area contributed by atoms with Gasteiger partial charge in [-0.25, -0.2) is 9.97 Å². The van der Waals surface area contributed by atoms with Crippen molar-refractivity contribution in [3.8, 4) is 11.3 Å². The lowest BCUT2D eigenvalue weighted by Crippen LogP contribution is -2.20. The summed E-state index contributed by atoms with van der Waals surface area (Å²) in [7, 11) is 1.77. The molecule has 0 atom stereocenters. The number of rotatable bonds is 4. The quantitative estimate of drug-likeness (QED) is 0.599. The Morgan fingerprint density at radius 1 is 1.27 bits per heavy atom. The van der Waals surface area contributed by atoms with Crippen molar-refractivity contribution in [2.24, 2.45) is 7.05 Å². The number of aromatic nitrogens is 6. The maximum Gasteiger partial charge on any atom is 0.247 e. The summed E-state index contributed by atoms with van der Waals surface area (Å²) in [6, 6.07) is 1.74. The predicted octanol–water partition coefficient (Wildman–Crippen LogP) is 2.54. The third-order valence-electron chi connectivity index (χ3n) is 4.27. The molecule has 0 aliphatic rings. The van der Waals surface area contributed by atoms with E-state index in [1.165, 1.54) is 10.4 Å². The average molecular weight is 367 g/mol. The average Bonchev–Trinajstić information content (AvgIpc) is 3.30. The van der Waals surface area contributed by atoms with E-state index >= 15 is 0 Å². The Morgan fingerprint density at radius 3 is 2.88 bits per heavy atom. The zero-order valence-corrected chi connectivity index (χ0v) is 15.4. The Balaban J connectivity index is 1.59. The number of hydrogen-bond donors (Lipinski definition) is 1. The maximum absolute atomic E-state index is 12.2. The Hall–Kier alpha value is -3.07. The number of nitrogens with zero attached hydrogens (tertiary/aromatic N) is 6. The number of anilines is 1. The molecule has 0 saturated heterocycles. The molecule has 0 aromatic carbocycles. The van der Waals surface area contributed by atoms with E-state index < -0.39 is 0 Å². The smallest absolute Gasteiger partial charge is 0.247 e. The van der Waals surface area contributed by atoms with Crippen LogP contribution in [0.15, 0.2) is 31.0 Å². The van der Waals surface area contributed by atoms with Crippen LogP contribution in [0.3, 0.4) is 0 Å². The molecular formula is C17H17N7OS. The van der Waals surface area contributed by atoms with Crippen LogP contribution in [0.4, 0.5) is 5.82 Å². The molecule has 1 N–H and O–H groups in total. The minimum absolute atomic E-state index is 0.112. The third kappa shape index (κ3) is 2.86. The van der Waals surface area contributed by atoms with Crippen molar-refractivity contribution in [2.75, 3.05) is 5.32 Å². The molecule has 4 aromatic heterocycles. The van der Waals surface area contributed by atoms with Gasteiger partial charge in [-0.2, -0.15) is 10.2 Å². The molecule has 0 fully saturated rings. The molecule has 0 aliphatic heterocycles. The van der Waals surface area contributed by atoms with Crippen molar-refractivity contribution in [2.45, 2.75) is 20.4 Å². The van der Waals surface area contributed by atoms with E-state index in [-0.39, 0.29) is 12.5 Å². The van der Waals surface area contributed by atoms with Crippen LogP contribution in [0.25, 0.3) is 21.5 Å². The number of fused-ring (bicyclic) bond motifs is 1. The van der Waals surface area contributed by atoms with Crippen molar-refractivity contribution in [1.82, 2.24) is 29.5 Å². The van der Waals surface area contributed by atoms with Crippen LogP contribution in [0, 0.1) is 13.8 Å². The second-order valence-corrected chi connectivity index (χ2v) is 7.20. The lowest BCUT2D eigenvalue weighted by atomic mass is 10.1. The second-order valence-electron chi connectivity index (χ2n) is 6.00. The van der Waals surface area contributed by atoms with E-state index in [9.17, 15) is 4.79 Å². The van der Waals surface area contributed by atoms with E-state index in [4.69, 9.17) is 0 Å². The molecule has 9 heteroatoms. The fourth-order valence-electron chi connectivity index (χ4n) is 2.80. The first kappa shape index (κ1) is 16.4. The molecule has 4 rings (SSSR count). The molecule has 132 valence electrons. The zero-order chi connectivity index (χ0) is 18.3. The van der Waals surface area contributed by atoms with Gasteiger partial charge in [0.2, 0.25) is 5.91 Å². The fourth-order valence-corrected chi connectivity index (χ4v) is 3.80. The van der Waals surface area contributed by atoms with Gasteiger partial charge in [0, 0.05) is 35.1 Å². The number of amides is 1. The van der Waals surface area contributed by atoms with Crippen molar-refractivity contribution >= 4 is 33.3 Å². The molecule has 0 spiro atoms. The highest BCUT2D eigenvalue weighted by atomic mass is 32.1. The summed E-state index contributed by atoms with van der Waals surface area (Å²) in [5.74, 6) is 0.475. The van der Waals surface area contributed by atoms with Crippen LogP contribution in [-0.2, 0) is 18.4 Å². The van der Waals surface area contributed by atoms with E-state index in [1.807, 2.05) is 6.20 Å². The number of carbonyl (C=O) groups is 1. The minimum Gasteiger partial charge on any atom is -0.309 e. The fraction of sp³-hybridized carbons (Fsp3) is 0.235. The normalized spacial score (nSPS) is 11.2. The second kappa shape index (κ2) is 6.34. The summed E-state index contributed by atoms with van der Waals surface area (Å²) in [5, 5.41) is 12.2. The van der Waals surface area contributed by atoms with Crippen LogP contribution in [0.1, 0.15) is 10.4 Å². The van der Waals surface area contributed by atoms with E-state index in [0.29, 0.717) is 5.82 Å². The highest BCUT2D eigenvalue weighted by Gasteiger charge is 2.15. The summed E-state index contributed by atoms with van der Waals surface area (Å²) in [6.45, 7) is 4.27. The van der Waals surface area contributed by atoms with Crippen molar-refractivity contribution in [3.05, 3.63) is 41.4 Å². The lowest BCUT2D eigenvalue weighted by molar-refractivity contribution is -0.116. The summed E-state index contributed by atoms with van der Waals surface area (Å²) in [6.07, 6.45) is 6.76. The van der Waals surface area contributed by atoms with Crippen LogP contribution >= 0.6 is 11.3 Å². The molecule has 0 aliphatic carbocycles. The van der Waals surface area contributed by atoms with E-state index in [0.717, 1.165) is 21.5 Å². The number of aryl methyl sites for hydroxylation is 3. The summed E-state index contributed by atoms with van der Waals surface area (Å²) < 4.78 is 3.20. The SMILES string of the molecule is Cc1sc2ncnc(-c3cnn(CC(=O)Nc4ccnn4C)c3)c2c1C. The number of nitrogens with one attached hydrogen (secondary N) is 1. The molecule has 26 heavy (non-hydrogen) atoms. The van der Waals surface area contributed by atoms with Crippen molar-refractivity contribution in [1.29, 1.82) is 0 Å². The Bertz CT molecular complexity index is 1110. The standard InChI is InChI=1S/C17H17N7OS/c1-10-11(2)26-17-15(10)16(18-9-19-17)12-6-21-24(7-12)8-14(25)22-13-4-5-20-23(13)3/h4-7,9H,8H2,1-3H3,(H,22,25). The summed E-state index contributed by atoms with van der Waals surface area (Å²) in [4.78, 5) is 23.2. The van der Waals surface area contributed by atoms with Gasteiger partial charge in [0.05, 0.1) is 18.1 Å². The molecule has 0 bridgehead atoms. The first-order valence-corrected chi connectivity index (χ1v) is 8.86. The molecule has 1 amide bonds. The van der Waals surface area contributed by atoms with Crippen LogP contribution in [0.5, 0.6) is 0 Å². The van der Waals surface area contributed by atoms with Gasteiger partial charge in [0.1, 0.15) is 23.5 Å². The third-order valence-corrected chi connectivity index (χ3v) is 5.38. The maximum atomic E-state index is 12.2. The van der Waals surface area contributed by atoms with E-state index in [1.54, 1.807) is 52.5 Å². The van der Waals surface area contributed by atoms with Gasteiger partial charge in [-0.1, -0.05) is 0 Å². The Morgan fingerprint density at radius 2 is 2.12 bits per heavy atom. The van der Waals surface area contributed by atoms with Crippen LogP contribution in [-0.4, -0.2) is 35.4 Å². The summed E-state index contributed by atoms with van der Waals surface area (Å²) >= 11 is 1.66. The van der Waals surface area contributed by atoms with Gasteiger partial charge in [-0.15, -0.1) is 11.3 Å². The molecule has 0 radical (unpaired) electrons. The minimum atomic E-state index is -0.168. The van der Waals surface area contributed by atoms with Gasteiger partial charge < -0.3 is 5.32 Å². The molecule has 0 saturated carbocycles.